The first-order chi connectivity index (χ1) is 10.2. The summed E-state index contributed by atoms with van der Waals surface area (Å²) in [5.74, 6) is 0.395. The highest BCUT2D eigenvalue weighted by Crippen LogP contribution is 2.51. The molecule has 0 aliphatic carbocycles. The number of hydrogen-bond acceptors (Lipinski definition) is 4. The Kier molecular flexibility index (Phi) is 3.47. The normalized spacial score (nSPS) is 39.0. The minimum atomic E-state index is -0.0201. The SMILES string of the molecule is COC(=O)[C@H]1[C@@H]2C[C@@H]3CC[C@H]1N3C/C2=C\c1ccc(Br)s1. The van der Waals surface area contributed by atoms with E-state index in [1.165, 1.54) is 24.0 Å². The van der Waals surface area contributed by atoms with Crippen molar-refractivity contribution in [2.24, 2.45) is 11.8 Å². The van der Waals surface area contributed by atoms with Gasteiger partial charge in [-0.1, -0.05) is 5.57 Å². The third kappa shape index (κ3) is 2.21. The number of methoxy groups -OCH3 is 1. The highest BCUT2D eigenvalue weighted by Gasteiger charge is 2.55. The van der Waals surface area contributed by atoms with Crippen LogP contribution in [0.1, 0.15) is 24.1 Å². The fourth-order valence-corrected chi connectivity index (χ4v) is 5.87. The molecular weight excluding hydrogens is 350 g/mol. The lowest BCUT2D eigenvalue weighted by molar-refractivity contribution is -0.153. The topological polar surface area (TPSA) is 29.5 Å². The molecular formula is C16H18BrNO2S. The van der Waals surface area contributed by atoms with Crippen molar-refractivity contribution in [2.45, 2.75) is 31.3 Å². The second kappa shape index (κ2) is 5.21. The first-order valence-corrected chi connectivity index (χ1v) is 9.07. The predicted octanol–water partition coefficient (Wildman–Crippen LogP) is 3.55. The van der Waals surface area contributed by atoms with Gasteiger partial charge in [-0.25, -0.2) is 0 Å². The number of carbonyl (C=O) groups is 1. The third-order valence-electron chi connectivity index (χ3n) is 5.30. The van der Waals surface area contributed by atoms with E-state index in [9.17, 15) is 4.79 Å². The monoisotopic (exact) mass is 367 g/mol. The molecule has 0 radical (unpaired) electrons. The molecule has 0 N–H and O–H groups in total. The van der Waals surface area contributed by atoms with Crippen molar-refractivity contribution in [3.8, 4) is 0 Å². The van der Waals surface area contributed by atoms with Crippen molar-refractivity contribution >= 4 is 39.3 Å². The molecule has 0 aromatic carbocycles. The molecule has 5 atom stereocenters. The lowest BCUT2D eigenvalue weighted by Gasteiger charge is -2.50. The standard InChI is InChI=1S/C16H18BrNO2S/c1-20-16(19)15-12-7-10-2-4-13(15)18(10)8-9(12)6-11-3-5-14(17)21-11/h3,5-6,10,12-13,15H,2,4,7-8H2,1H3/b9-6+/t10-,12+,13+,15-/m0/s1. The molecule has 5 heterocycles. The summed E-state index contributed by atoms with van der Waals surface area (Å²) < 4.78 is 6.25. The molecule has 4 fully saturated rings. The maximum atomic E-state index is 12.3. The van der Waals surface area contributed by atoms with Gasteiger partial charge >= 0.3 is 5.97 Å². The van der Waals surface area contributed by atoms with E-state index in [1.807, 2.05) is 0 Å². The van der Waals surface area contributed by atoms with Gasteiger partial charge in [0.1, 0.15) is 0 Å². The lowest BCUT2D eigenvalue weighted by Crippen LogP contribution is -2.58. The minimum Gasteiger partial charge on any atom is -0.469 e. The van der Waals surface area contributed by atoms with Gasteiger partial charge in [0.15, 0.2) is 0 Å². The molecule has 0 spiro atoms. The maximum absolute atomic E-state index is 12.3. The summed E-state index contributed by atoms with van der Waals surface area (Å²) in [5.41, 5.74) is 1.41. The van der Waals surface area contributed by atoms with Gasteiger partial charge in [0.2, 0.25) is 0 Å². The van der Waals surface area contributed by atoms with Crippen LogP contribution in [-0.4, -0.2) is 36.6 Å². The van der Waals surface area contributed by atoms with Gasteiger partial charge in [0.05, 0.1) is 16.8 Å². The molecule has 1 aromatic heterocycles. The summed E-state index contributed by atoms with van der Waals surface area (Å²) in [6.45, 7) is 1.03. The summed E-state index contributed by atoms with van der Waals surface area (Å²) in [4.78, 5) is 16.1. The van der Waals surface area contributed by atoms with Crippen LogP contribution >= 0.6 is 27.3 Å². The van der Waals surface area contributed by atoms with Crippen molar-refractivity contribution in [3.05, 3.63) is 26.4 Å². The zero-order valence-corrected chi connectivity index (χ0v) is 14.3. The number of carbonyl (C=O) groups excluding carboxylic acids is 1. The average molecular weight is 368 g/mol. The lowest BCUT2D eigenvalue weighted by atomic mass is 9.71. The zero-order chi connectivity index (χ0) is 14.6. The van der Waals surface area contributed by atoms with Gasteiger partial charge < -0.3 is 4.74 Å². The van der Waals surface area contributed by atoms with E-state index in [-0.39, 0.29) is 11.9 Å². The van der Waals surface area contributed by atoms with Crippen LogP contribution in [0.25, 0.3) is 6.08 Å². The second-order valence-corrected chi connectivity index (χ2v) is 8.72. The van der Waals surface area contributed by atoms with Gasteiger partial charge in [-0.2, -0.15) is 0 Å². The Hall–Kier alpha value is -0.650. The van der Waals surface area contributed by atoms with Gasteiger partial charge in [-0.3, -0.25) is 9.69 Å². The number of rotatable bonds is 2. The van der Waals surface area contributed by atoms with Crippen LogP contribution in [0.5, 0.6) is 0 Å². The molecule has 3 nitrogen and oxygen atoms in total. The number of hydrogen-bond donors (Lipinski definition) is 0. The Morgan fingerprint density at radius 2 is 2.33 bits per heavy atom. The summed E-state index contributed by atoms with van der Waals surface area (Å²) in [5, 5.41) is 0. The summed E-state index contributed by atoms with van der Waals surface area (Å²) in [6.07, 6.45) is 5.81. The fraction of sp³-hybridized carbons (Fsp3) is 0.562. The van der Waals surface area contributed by atoms with Crippen molar-refractivity contribution in [3.63, 3.8) is 0 Å². The van der Waals surface area contributed by atoms with Crippen molar-refractivity contribution < 1.29 is 9.53 Å². The highest BCUT2D eigenvalue weighted by molar-refractivity contribution is 9.11. The molecule has 0 amide bonds. The summed E-state index contributed by atoms with van der Waals surface area (Å²) >= 11 is 5.26. The molecule has 1 aromatic rings. The number of thiophene rings is 1. The quantitative estimate of drug-likeness (QED) is 0.748. The molecule has 5 rings (SSSR count). The molecule has 0 saturated carbocycles. The minimum absolute atomic E-state index is 0.0201. The summed E-state index contributed by atoms with van der Waals surface area (Å²) in [6, 6.07) is 5.32. The number of fused-ring (bicyclic) bond motifs is 1. The molecule has 21 heavy (non-hydrogen) atoms. The van der Waals surface area contributed by atoms with Gasteiger partial charge in [0.25, 0.3) is 0 Å². The van der Waals surface area contributed by atoms with E-state index in [0.717, 1.165) is 23.2 Å². The number of esters is 1. The van der Waals surface area contributed by atoms with Gasteiger partial charge in [-0.05, 0) is 59.3 Å². The molecule has 4 bridgehead atoms. The zero-order valence-electron chi connectivity index (χ0n) is 11.9. The van der Waals surface area contributed by atoms with Crippen LogP contribution in [0.4, 0.5) is 0 Å². The summed E-state index contributed by atoms with van der Waals surface area (Å²) in [7, 11) is 1.52. The smallest absolute Gasteiger partial charge is 0.310 e. The number of nitrogens with zero attached hydrogens (tertiary/aromatic N) is 1. The van der Waals surface area contributed by atoms with Crippen LogP contribution in [0.15, 0.2) is 21.5 Å². The van der Waals surface area contributed by atoms with Crippen molar-refractivity contribution in [2.75, 3.05) is 13.7 Å². The van der Waals surface area contributed by atoms with E-state index in [0.29, 0.717) is 18.0 Å². The van der Waals surface area contributed by atoms with E-state index < -0.39 is 0 Å². The number of halogens is 1. The third-order valence-corrected chi connectivity index (χ3v) is 6.87. The van der Waals surface area contributed by atoms with Crippen LogP contribution in [-0.2, 0) is 9.53 Å². The maximum Gasteiger partial charge on any atom is 0.310 e. The fourth-order valence-electron chi connectivity index (χ4n) is 4.47. The average Bonchev–Trinajstić information content (AvgIpc) is 3.02. The van der Waals surface area contributed by atoms with Crippen molar-refractivity contribution in [1.82, 2.24) is 4.90 Å². The largest absolute Gasteiger partial charge is 0.469 e. The van der Waals surface area contributed by atoms with Crippen LogP contribution in [0.2, 0.25) is 0 Å². The van der Waals surface area contributed by atoms with E-state index in [2.05, 4.69) is 39.0 Å². The van der Waals surface area contributed by atoms with Crippen LogP contribution in [0, 0.1) is 11.8 Å². The van der Waals surface area contributed by atoms with E-state index in [1.54, 1.807) is 11.3 Å². The Labute approximate surface area is 137 Å². The molecule has 5 heteroatoms. The molecule has 4 saturated heterocycles. The van der Waals surface area contributed by atoms with Crippen molar-refractivity contribution in [1.29, 1.82) is 0 Å². The first kappa shape index (κ1) is 14.0. The van der Waals surface area contributed by atoms with E-state index >= 15 is 0 Å². The van der Waals surface area contributed by atoms with Crippen LogP contribution in [0.3, 0.4) is 0 Å². The first-order valence-electron chi connectivity index (χ1n) is 7.46. The Morgan fingerprint density at radius 3 is 3.05 bits per heavy atom. The Morgan fingerprint density at radius 1 is 1.48 bits per heavy atom. The molecule has 112 valence electrons. The van der Waals surface area contributed by atoms with Crippen LogP contribution < -0.4 is 0 Å². The van der Waals surface area contributed by atoms with Gasteiger partial charge in [0, 0.05) is 23.5 Å². The Balaban J connectivity index is 1.69. The van der Waals surface area contributed by atoms with E-state index in [4.69, 9.17) is 4.74 Å². The van der Waals surface area contributed by atoms with Gasteiger partial charge in [-0.15, -0.1) is 11.3 Å². The Bertz CT molecular complexity index is 611. The number of ether oxygens (including phenoxy) is 1. The number of piperidine rings is 3. The molecule has 4 aliphatic rings. The predicted molar refractivity (Wildman–Crippen MR) is 87.1 cm³/mol. The second-order valence-electron chi connectivity index (χ2n) is 6.22. The highest BCUT2D eigenvalue weighted by atomic mass is 79.9. The molecule has 1 unspecified atom stereocenters. The molecule has 4 aliphatic heterocycles.